The molecule has 0 saturated heterocycles. The van der Waals surface area contributed by atoms with Gasteiger partial charge in [-0.05, 0) is 43.7 Å². The number of ether oxygens (including phenoxy) is 1. The number of hydrogen-bond acceptors (Lipinski definition) is 4. The number of carbonyl (C=O) groups excluding carboxylic acids is 3. The maximum absolute atomic E-state index is 12.4. The van der Waals surface area contributed by atoms with Crippen molar-refractivity contribution in [1.29, 1.82) is 0 Å². The Hall–Kier alpha value is -3.73. The van der Waals surface area contributed by atoms with E-state index in [1.165, 1.54) is 19.1 Å². The molecule has 3 aromatic rings. The molecule has 5 heteroatoms. The molecule has 0 aliphatic heterocycles. The van der Waals surface area contributed by atoms with E-state index < -0.39 is 18.0 Å². The highest BCUT2D eigenvalue weighted by molar-refractivity contribution is 6.09. The highest BCUT2D eigenvalue weighted by atomic mass is 16.5. The van der Waals surface area contributed by atoms with Crippen molar-refractivity contribution in [1.82, 2.24) is 0 Å². The second-order valence-corrected chi connectivity index (χ2v) is 6.68. The molecule has 0 aliphatic rings. The van der Waals surface area contributed by atoms with E-state index in [0.717, 1.165) is 5.56 Å². The summed E-state index contributed by atoms with van der Waals surface area (Å²) in [5, 5.41) is 2.72. The molecule has 0 aliphatic carbocycles. The molecule has 3 rings (SSSR count). The summed E-state index contributed by atoms with van der Waals surface area (Å²) in [6, 6.07) is 22.4. The first kappa shape index (κ1) is 20.0. The number of nitrogens with one attached hydrogen (secondary N) is 1. The second-order valence-electron chi connectivity index (χ2n) is 6.68. The molecule has 0 fully saturated rings. The van der Waals surface area contributed by atoms with Gasteiger partial charge in [-0.2, -0.15) is 0 Å². The van der Waals surface area contributed by atoms with Crippen molar-refractivity contribution in [3.63, 3.8) is 0 Å². The van der Waals surface area contributed by atoms with Gasteiger partial charge < -0.3 is 10.1 Å². The molecule has 3 aromatic carbocycles. The number of carbonyl (C=O) groups is 3. The van der Waals surface area contributed by atoms with E-state index >= 15 is 0 Å². The average molecular weight is 387 g/mol. The fourth-order valence-electron chi connectivity index (χ4n) is 2.76. The quantitative estimate of drug-likeness (QED) is 0.502. The molecule has 1 atom stereocenters. The molecule has 0 aromatic heterocycles. The average Bonchev–Trinajstić information content (AvgIpc) is 2.74. The van der Waals surface area contributed by atoms with Crippen LogP contribution in [-0.2, 0) is 9.53 Å². The number of benzene rings is 3. The Bertz CT molecular complexity index is 1030. The Balaban J connectivity index is 1.61. The third kappa shape index (κ3) is 5.17. The van der Waals surface area contributed by atoms with Crippen molar-refractivity contribution in [3.05, 3.63) is 101 Å². The van der Waals surface area contributed by atoms with Crippen molar-refractivity contribution < 1.29 is 19.1 Å². The summed E-state index contributed by atoms with van der Waals surface area (Å²) in [6.45, 7) is 3.43. The lowest BCUT2D eigenvalue weighted by atomic mass is 10.0. The number of aryl methyl sites for hydroxylation is 1. The summed E-state index contributed by atoms with van der Waals surface area (Å²) >= 11 is 0. The molecule has 0 unspecified atom stereocenters. The smallest absolute Gasteiger partial charge is 0.338 e. The summed E-state index contributed by atoms with van der Waals surface area (Å²) < 4.78 is 5.25. The molecule has 5 nitrogen and oxygen atoms in total. The van der Waals surface area contributed by atoms with Gasteiger partial charge in [0.2, 0.25) is 0 Å². The first-order valence-electron chi connectivity index (χ1n) is 9.22. The summed E-state index contributed by atoms with van der Waals surface area (Å²) in [5.41, 5.74) is 2.96. The molecule has 0 spiro atoms. The predicted octanol–water partition coefficient (Wildman–Crippen LogP) is 4.41. The van der Waals surface area contributed by atoms with Crippen molar-refractivity contribution in [2.75, 3.05) is 5.32 Å². The van der Waals surface area contributed by atoms with Gasteiger partial charge in [-0.3, -0.25) is 9.59 Å². The van der Waals surface area contributed by atoms with Gasteiger partial charge in [0.25, 0.3) is 5.91 Å². The maximum Gasteiger partial charge on any atom is 0.338 e. The van der Waals surface area contributed by atoms with Crippen molar-refractivity contribution >= 4 is 23.3 Å². The Kier molecular flexibility index (Phi) is 6.19. The predicted molar refractivity (Wildman–Crippen MR) is 111 cm³/mol. The lowest BCUT2D eigenvalue weighted by Crippen LogP contribution is -2.30. The van der Waals surface area contributed by atoms with Crippen LogP contribution in [0.4, 0.5) is 5.69 Å². The number of ketones is 1. The van der Waals surface area contributed by atoms with Crippen LogP contribution in [0.25, 0.3) is 0 Å². The zero-order valence-corrected chi connectivity index (χ0v) is 16.2. The Morgan fingerprint density at radius 1 is 0.793 bits per heavy atom. The van der Waals surface area contributed by atoms with Crippen LogP contribution < -0.4 is 5.32 Å². The van der Waals surface area contributed by atoms with Crippen LogP contribution in [0.5, 0.6) is 0 Å². The monoisotopic (exact) mass is 387 g/mol. The van der Waals surface area contributed by atoms with E-state index in [1.54, 1.807) is 42.5 Å². The summed E-state index contributed by atoms with van der Waals surface area (Å²) in [5.74, 6) is -1.17. The van der Waals surface area contributed by atoms with E-state index in [2.05, 4.69) is 5.32 Å². The SMILES string of the molecule is Cc1cccc(NC(=O)[C@H](C)OC(=O)c2ccc(C(=O)c3ccccc3)cc2)c1. The van der Waals surface area contributed by atoms with E-state index in [0.29, 0.717) is 16.8 Å². The van der Waals surface area contributed by atoms with E-state index in [9.17, 15) is 14.4 Å². The minimum absolute atomic E-state index is 0.128. The Morgan fingerprint density at radius 2 is 1.41 bits per heavy atom. The minimum Gasteiger partial charge on any atom is -0.449 e. The highest BCUT2D eigenvalue weighted by Crippen LogP contribution is 2.14. The van der Waals surface area contributed by atoms with Gasteiger partial charge in [0.15, 0.2) is 11.9 Å². The van der Waals surface area contributed by atoms with Crippen LogP contribution in [0.2, 0.25) is 0 Å². The van der Waals surface area contributed by atoms with Crippen LogP contribution >= 0.6 is 0 Å². The first-order chi connectivity index (χ1) is 13.9. The van der Waals surface area contributed by atoms with Gasteiger partial charge in [0.1, 0.15) is 0 Å². The third-order valence-electron chi connectivity index (χ3n) is 4.36. The molecule has 29 heavy (non-hydrogen) atoms. The van der Waals surface area contributed by atoms with Crippen LogP contribution in [0, 0.1) is 6.92 Å². The lowest BCUT2D eigenvalue weighted by molar-refractivity contribution is -0.123. The minimum atomic E-state index is -0.964. The number of esters is 1. The van der Waals surface area contributed by atoms with Gasteiger partial charge in [0, 0.05) is 16.8 Å². The van der Waals surface area contributed by atoms with E-state index in [4.69, 9.17) is 4.74 Å². The molecule has 0 heterocycles. The highest BCUT2D eigenvalue weighted by Gasteiger charge is 2.19. The fourth-order valence-corrected chi connectivity index (χ4v) is 2.76. The molecule has 1 N–H and O–H groups in total. The van der Waals surface area contributed by atoms with Gasteiger partial charge in [-0.15, -0.1) is 0 Å². The Labute approximate surface area is 169 Å². The van der Waals surface area contributed by atoms with Gasteiger partial charge in [0.05, 0.1) is 5.56 Å². The fraction of sp³-hybridized carbons (Fsp3) is 0.125. The van der Waals surface area contributed by atoms with Gasteiger partial charge >= 0.3 is 5.97 Å². The number of anilines is 1. The topological polar surface area (TPSA) is 72.5 Å². The van der Waals surface area contributed by atoms with Crippen molar-refractivity contribution in [3.8, 4) is 0 Å². The van der Waals surface area contributed by atoms with Crippen LogP contribution in [-0.4, -0.2) is 23.8 Å². The van der Waals surface area contributed by atoms with Gasteiger partial charge in [-0.25, -0.2) is 4.79 Å². The van der Waals surface area contributed by atoms with E-state index in [1.807, 2.05) is 31.2 Å². The maximum atomic E-state index is 12.4. The molecule has 0 bridgehead atoms. The molecular formula is C24H21NO4. The van der Waals surface area contributed by atoms with Crippen LogP contribution in [0.1, 0.15) is 38.8 Å². The molecule has 146 valence electrons. The van der Waals surface area contributed by atoms with Crippen LogP contribution in [0.3, 0.4) is 0 Å². The molecular weight excluding hydrogens is 366 g/mol. The molecule has 1 amide bonds. The second kappa shape index (κ2) is 8.97. The van der Waals surface area contributed by atoms with Crippen molar-refractivity contribution in [2.24, 2.45) is 0 Å². The van der Waals surface area contributed by atoms with Gasteiger partial charge in [-0.1, -0.05) is 54.6 Å². The third-order valence-corrected chi connectivity index (χ3v) is 4.36. The zero-order valence-electron chi connectivity index (χ0n) is 16.2. The van der Waals surface area contributed by atoms with Crippen molar-refractivity contribution in [2.45, 2.75) is 20.0 Å². The lowest BCUT2D eigenvalue weighted by Gasteiger charge is -2.14. The zero-order chi connectivity index (χ0) is 20.8. The number of hydrogen-bond donors (Lipinski definition) is 1. The standard InChI is InChI=1S/C24H21NO4/c1-16-7-6-10-21(15-16)25-23(27)17(2)29-24(28)20-13-11-19(12-14-20)22(26)18-8-4-3-5-9-18/h3-15,17H,1-2H3,(H,25,27)/t17-/m0/s1. The summed E-state index contributed by atoms with van der Waals surface area (Å²) in [6.07, 6.45) is -0.964. The Morgan fingerprint density at radius 3 is 2.07 bits per heavy atom. The number of amides is 1. The van der Waals surface area contributed by atoms with E-state index in [-0.39, 0.29) is 11.3 Å². The normalized spacial score (nSPS) is 11.4. The number of rotatable bonds is 6. The molecule has 0 saturated carbocycles. The largest absolute Gasteiger partial charge is 0.449 e. The summed E-state index contributed by atoms with van der Waals surface area (Å²) in [7, 11) is 0. The van der Waals surface area contributed by atoms with Crippen LogP contribution in [0.15, 0.2) is 78.9 Å². The summed E-state index contributed by atoms with van der Waals surface area (Å²) in [4.78, 5) is 37.0. The molecule has 0 radical (unpaired) electrons. The first-order valence-corrected chi connectivity index (χ1v) is 9.22.